The molecule has 0 fully saturated rings. The first-order valence-electron chi connectivity index (χ1n) is 7.46. The molecule has 0 bridgehead atoms. The molecule has 2 aromatic rings. The van der Waals surface area contributed by atoms with Crippen LogP contribution in [0.25, 0.3) is 0 Å². The SMILES string of the molecule is Cc1cccc(NC(=O)N2C[C@H](C)Sc3ccccc32)c1C. The lowest BCUT2D eigenvalue weighted by atomic mass is 10.1. The largest absolute Gasteiger partial charge is 0.326 e. The Balaban J connectivity index is 1.88. The van der Waals surface area contributed by atoms with E-state index >= 15 is 0 Å². The zero-order chi connectivity index (χ0) is 15.7. The fraction of sp³-hybridized carbons (Fsp3) is 0.278. The zero-order valence-electron chi connectivity index (χ0n) is 13.1. The second-order valence-electron chi connectivity index (χ2n) is 5.68. The molecule has 0 saturated heterocycles. The number of para-hydroxylation sites is 1. The lowest BCUT2D eigenvalue weighted by Crippen LogP contribution is -2.41. The van der Waals surface area contributed by atoms with Crippen molar-refractivity contribution in [2.75, 3.05) is 16.8 Å². The van der Waals surface area contributed by atoms with Crippen molar-refractivity contribution in [2.45, 2.75) is 30.9 Å². The summed E-state index contributed by atoms with van der Waals surface area (Å²) in [5, 5.41) is 3.45. The number of hydrogen-bond donors (Lipinski definition) is 1. The summed E-state index contributed by atoms with van der Waals surface area (Å²) < 4.78 is 0. The van der Waals surface area contributed by atoms with Gasteiger partial charge in [-0.1, -0.05) is 31.2 Å². The second-order valence-corrected chi connectivity index (χ2v) is 7.16. The molecule has 22 heavy (non-hydrogen) atoms. The molecule has 1 aliphatic rings. The number of hydrogen-bond acceptors (Lipinski definition) is 2. The smallest absolute Gasteiger partial charge is 0.307 e. The number of urea groups is 1. The van der Waals surface area contributed by atoms with Crippen LogP contribution >= 0.6 is 11.8 Å². The van der Waals surface area contributed by atoms with Crippen LogP contribution in [0.15, 0.2) is 47.4 Å². The van der Waals surface area contributed by atoms with Crippen LogP contribution in [0, 0.1) is 13.8 Å². The van der Waals surface area contributed by atoms with Crippen molar-refractivity contribution in [1.29, 1.82) is 0 Å². The summed E-state index contributed by atoms with van der Waals surface area (Å²) in [4.78, 5) is 15.8. The lowest BCUT2D eigenvalue weighted by Gasteiger charge is -2.32. The van der Waals surface area contributed by atoms with Gasteiger partial charge >= 0.3 is 6.03 Å². The van der Waals surface area contributed by atoms with Gasteiger partial charge in [0.15, 0.2) is 0 Å². The number of anilines is 2. The number of fused-ring (bicyclic) bond motifs is 1. The maximum Gasteiger partial charge on any atom is 0.326 e. The molecule has 0 aliphatic carbocycles. The van der Waals surface area contributed by atoms with Crippen LogP contribution < -0.4 is 10.2 Å². The Morgan fingerprint density at radius 1 is 1.18 bits per heavy atom. The van der Waals surface area contributed by atoms with Crippen LogP contribution in [0.3, 0.4) is 0 Å². The summed E-state index contributed by atoms with van der Waals surface area (Å²) in [7, 11) is 0. The molecular weight excluding hydrogens is 292 g/mol. The first kappa shape index (κ1) is 15.0. The first-order chi connectivity index (χ1) is 10.6. The van der Waals surface area contributed by atoms with Crippen LogP contribution in [0.2, 0.25) is 0 Å². The van der Waals surface area contributed by atoms with Gasteiger partial charge in [-0.15, -0.1) is 11.8 Å². The molecule has 0 radical (unpaired) electrons. The third-order valence-electron chi connectivity index (χ3n) is 4.02. The molecule has 1 atom stereocenters. The molecule has 1 heterocycles. The van der Waals surface area contributed by atoms with Crippen molar-refractivity contribution in [3.8, 4) is 0 Å². The van der Waals surface area contributed by atoms with E-state index < -0.39 is 0 Å². The molecule has 114 valence electrons. The van der Waals surface area contributed by atoms with Crippen molar-refractivity contribution < 1.29 is 4.79 Å². The predicted octanol–water partition coefficient (Wildman–Crippen LogP) is 4.84. The van der Waals surface area contributed by atoms with Gasteiger partial charge in [-0.2, -0.15) is 0 Å². The third-order valence-corrected chi connectivity index (χ3v) is 5.17. The number of thioether (sulfide) groups is 1. The van der Waals surface area contributed by atoms with Crippen molar-refractivity contribution in [2.24, 2.45) is 0 Å². The average molecular weight is 312 g/mol. The van der Waals surface area contributed by atoms with Crippen LogP contribution in [-0.2, 0) is 0 Å². The van der Waals surface area contributed by atoms with Crippen molar-refractivity contribution in [3.05, 3.63) is 53.6 Å². The van der Waals surface area contributed by atoms with Gasteiger partial charge in [-0.3, -0.25) is 4.90 Å². The van der Waals surface area contributed by atoms with Gasteiger partial charge < -0.3 is 5.32 Å². The van der Waals surface area contributed by atoms with Gasteiger partial charge in [0.25, 0.3) is 0 Å². The van der Waals surface area contributed by atoms with E-state index in [4.69, 9.17) is 0 Å². The molecule has 0 saturated carbocycles. The average Bonchev–Trinajstić information content (AvgIpc) is 2.51. The Bertz CT molecular complexity index is 714. The highest BCUT2D eigenvalue weighted by Gasteiger charge is 2.26. The minimum atomic E-state index is -0.0618. The van der Waals surface area contributed by atoms with E-state index in [0.717, 1.165) is 28.4 Å². The zero-order valence-corrected chi connectivity index (χ0v) is 13.9. The molecule has 3 nitrogen and oxygen atoms in total. The molecule has 0 aromatic heterocycles. The Morgan fingerprint density at radius 2 is 1.95 bits per heavy atom. The molecular formula is C18H20N2OS. The quantitative estimate of drug-likeness (QED) is 0.817. The van der Waals surface area contributed by atoms with E-state index in [1.165, 1.54) is 5.56 Å². The van der Waals surface area contributed by atoms with Crippen LogP contribution in [0.4, 0.5) is 16.2 Å². The van der Waals surface area contributed by atoms with E-state index in [2.05, 4.69) is 31.3 Å². The molecule has 1 N–H and O–H groups in total. The summed E-state index contributed by atoms with van der Waals surface area (Å²) in [5.41, 5.74) is 4.17. The maximum absolute atomic E-state index is 12.7. The fourth-order valence-corrected chi connectivity index (χ4v) is 3.76. The van der Waals surface area contributed by atoms with Crippen LogP contribution in [-0.4, -0.2) is 17.8 Å². The normalized spacial score (nSPS) is 17.0. The molecule has 3 rings (SSSR count). The number of amides is 2. The Kier molecular flexibility index (Phi) is 4.12. The summed E-state index contributed by atoms with van der Waals surface area (Å²) >= 11 is 1.82. The Labute approximate surface area is 135 Å². The standard InChI is InChI=1S/C18H20N2OS/c1-12-7-6-8-15(14(12)3)19-18(21)20-11-13(2)22-17-10-5-4-9-16(17)20/h4-10,13H,11H2,1-3H3,(H,19,21)/t13-/m0/s1. The van der Waals surface area contributed by atoms with Crippen molar-refractivity contribution in [1.82, 2.24) is 0 Å². The van der Waals surface area contributed by atoms with Gasteiger partial charge in [0.2, 0.25) is 0 Å². The molecule has 0 unspecified atom stereocenters. The predicted molar refractivity (Wildman–Crippen MR) is 94.0 cm³/mol. The number of carbonyl (C=O) groups excluding carboxylic acids is 1. The molecule has 2 amide bonds. The highest BCUT2D eigenvalue weighted by molar-refractivity contribution is 8.00. The molecule has 4 heteroatoms. The molecule has 1 aliphatic heterocycles. The van der Waals surface area contributed by atoms with Gasteiger partial charge in [0, 0.05) is 22.4 Å². The van der Waals surface area contributed by atoms with E-state index in [1.54, 1.807) is 0 Å². The Morgan fingerprint density at radius 3 is 2.77 bits per heavy atom. The van der Waals surface area contributed by atoms with Crippen molar-refractivity contribution >= 4 is 29.2 Å². The Hall–Kier alpha value is -1.94. The maximum atomic E-state index is 12.7. The van der Waals surface area contributed by atoms with Gasteiger partial charge in [-0.25, -0.2) is 4.79 Å². The minimum absolute atomic E-state index is 0.0618. The van der Waals surface area contributed by atoms with Crippen LogP contribution in [0.5, 0.6) is 0 Å². The van der Waals surface area contributed by atoms with E-state index in [-0.39, 0.29) is 6.03 Å². The monoisotopic (exact) mass is 312 g/mol. The number of rotatable bonds is 1. The third kappa shape index (κ3) is 2.83. The number of benzene rings is 2. The van der Waals surface area contributed by atoms with E-state index in [9.17, 15) is 4.79 Å². The van der Waals surface area contributed by atoms with Gasteiger partial charge in [-0.05, 0) is 43.2 Å². The van der Waals surface area contributed by atoms with E-state index in [0.29, 0.717) is 5.25 Å². The highest BCUT2D eigenvalue weighted by atomic mass is 32.2. The summed E-state index contributed by atoms with van der Waals surface area (Å²) in [6, 6.07) is 14.0. The molecule has 0 spiro atoms. The van der Waals surface area contributed by atoms with Crippen LogP contribution in [0.1, 0.15) is 18.1 Å². The second kappa shape index (κ2) is 6.05. The summed E-state index contributed by atoms with van der Waals surface area (Å²) in [5.74, 6) is 0. The van der Waals surface area contributed by atoms with Crippen molar-refractivity contribution in [3.63, 3.8) is 0 Å². The summed E-state index contributed by atoms with van der Waals surface area (Å²) in [6.45, 7) is 6.96. The minimum Gasteiger partial charge on any atom is -0.307 e. The topological polar surface area (TPSA) is 32.3 Å². The number of carbonyl (C=O) groups is 1. The van der Waals surface area contributed by atoms with E-state index in [1.807, 2.05) is 53.9 Å². The first-order valence-corrected chi connectivity index (χ1v) is 8.34. The fourth-order valence-electron chi connectivity index (χ4n) is 2.65. The van der Waals surface area contributed by atoms with Gasteiger partial charge in [0.05, 0.1) is 5.69 Å². The van der Waals surface area contributed by atoms with Gasteiger partial charge in [0.1, 0.15) is 0 Å². The number of nitrogens with one attached hydrogen (secondary N) is 1. The number of aryl methyl sites for hydroxylation is 1. The lowest BCUT2D eigenvalue weighted by molar-refractivity contribution is 0.256. The highest BCUT2D eigenvalue weighted by Crippen LogP contribution is 2.38. The molecule has 2 aromatic carbocycles. The number of nitrogens with zero attached hydrogens (tertiary/aromatic N) is 1. The summed E-state index contributed by atoms with van der Waals surface area (Å²) in [6.07, 6.45) is 0.